The molecule has 0 N–H and O–H groups in total. The molecule has 0 spiro atoms. The van der Waals surface area contributed by atoms with Crippen molar-refractivity contribution < 1.29 is 34.1 Å². The number of benzene rings is 4. The van der Waals surface area contributed by atoms with Gasteiger partial charge in [-0.1, -0.05) is 137 Å². The van der Waals surface area contributed by atoms with E-state index in [2.05, 4.69) is 218 Å². The topological polar surface area (TPSA) is 0 Å². The second-order valence-electron chi connectivity index (χ2n) is 11.1. The Labute approximate surface area is 315 Å². The van der Waals surface area contributed by atoms with Crippen molar-refractivity contribution in [2.24, 2.45) is 0 Å². The van der Waals surface area contributed by atoms with Crippen LogP contribution in [-0.2, 0) is 40.6 Å². The van der Waals surface area contributed by atoms with Gasteiger partial charge in [-0.15, -0.1) is 5.30 Å². The maximum atomic E-state index is 2.23. The van der Waals surface area contributed by atoms with E-state index in [-0.39, 0.29) is 34.1 Å². The van der Waals surface area contributed by atoms with Crippen LogP contribution < -0.4 is 31.8 Å². The molecule has 4 heteroatoms. The summed E-state index contributed by atoms with van der Waals surface area (Å²) in [6, 6.07) is 77.5. The van der Waals surface area contributed by atoms with Crippen LogP contribution in [0.2, 0.25) is 0 Å². The van der Waals surface area contributed by atoms with Crippen molar-refractivity contribution in [3.63, 3.8) is 0 Å². The summed E-state index contributed by atoms with van der Waals surface area (Å²) < 4.78 is 0. The Morgan fingerprint density at radius 1 is 0.449 bits per heavy atom. The van der Waals surface area contributed by atoms with Crippen molar-refractivity contribution in [1.29, 1.82) is 0 Å². The van der Waals surface area contributed by atoms with Crippen LogP contribution in [0.4, 0.5) is 0 Å². The third-order valence-corrected chi connectivity index (χ3v) is 12.6. The fourth-order valence-electron chi connectivity index (χ4n) is 5.53. The zero-order chi connectivity index (χ0) is 31.9. The SMILES string of the molecule is [Fe].[Fe].c1cc[c-](C[c-]2[cH-][cH-][cH-][cH-]2)c1.c1ccc(P(c2ccccc2)[c-]2cccc2)cc1.c1ccc(P(c2ccccc2)c2cc[cH-]c2)cc1. The molecular weight excluding hydrogens is 714 g/mol. The van der Waals surface area contributed by atoms with Gasteiger partial charge >= 0.3 is 0 Å². The zero-order valence-electron chi connectivity index (χ0n) is 27.1. The largest absolute Gasteiger partial charge is 0.748 e. The van der Waals surface area contributed by atoms with Gasteiger partial charge in [0.15, 0.2) is 0 Å². The fraction of sp³-hybridized carbons (Fsp3) is 0.0222. The smallest absolute Gasteiger partial charge is 0 e. The summed E-state index contributed by atoms with van der Waals surface area (Å²) in [4.78, 5) is 0. The van der Waals surface area contributed by atoms with E-state index in [4.69, 9.17) is 0 Å². The Kier molecular flexibility index (Phi) is 16.0. The maximum Gasteiger partial charge on any atom is 0 e. The summed E-state index contributed by atoms with van der Waals surface area (Å²) in [5.74, 6) is 0. The van der Waals surface area contributed by atoms with Crippen LogP contribution in [0, 0.1) is 0 Å². The van der Waals surface area contributed by atoms with E-state index in [0.717, 1.165) is 6.42 Å². The number of rotatable bonds is 8. The molecule has 0 bridgehead atoms. The summed E-state index contributed by atoms with van der Waals surface area (Å²) >= 11 is 0. The summed E-state index contributed by atoms with van der Waals surface area (Å²) in [5.41, 5.74) is 2.80. The standard InChI is InChI=1S/2C17H14P.C11H10.2Fe/c2*1-3-9-15(10-4-1)18(17-13-7-8-14-17)16-11-5-2-6-12-16;1-2-6-10(5-1)9-11-7-3-4-8-11;;/h2*1-14H;1-8H,9H2;;/q2*-1;-6;;. The Morgan fingerprint density at radius 2 is 0.878 bits per heavy atom. The Bertz CT molecular complexity index is 1690. The normalized spacial score (nSPS) is 10.2. The predicted molar refractivity (Wildman–Crippen MR) is 208 cm³/mol. The third-order valence-electron chi connectivity index (χ3n) is 7.74. The van der Waals surface area contributed by atoms with Gasteiger partial charge in [0.05, 0.1) is 0 Å². The zero-order valence-corrected chi connectivity index (χ0v) is 31.1. The molecule has 0 aromatic heterocycles. The van der Waals surface area contributed by atoms with E-state index in [1.54, 1.807) is 0 Å². The molecule has 0 aliphatic carbocycles. The van der Waals surface area contributed by atoms with Crippen molar-refractivity contribution in [3.8, 4) is 0 Å². The molecule has 0 saturated carbocycles. The van der Waals surface area contributed by atoms with E-state index < -0.39 is 15.8 Å². The van der Waals surface area contributed by atoms with Gasteiger partial charge in [0.1, 0.15) is 0 Å². The van der Waals surface area contributed by atoms with Gasteiger partial charge < -0.3 is 29.8 Å². The molecule has 0 atom stereocenters. The van der Waals surface area contributed by atoms with Gasteiger partial charge in [-0.05, 0) is 21.2 Å². The molecule has 8 aromatic rings. The first-order valence-corrected chi connectivity index (χ1v) is 18.7. The van der Waals surface area contributed by atoms with Crippen LogP contribution in [0.1, 0.15) is 11.1 Å². The molecule has 0 saturated heterocycles. The number of hydrogen-bond acceptors (Lipinski definition) is 0. The average molecular weight is 752 g/mol. The molecule has 8 rings (SSSR count). The first-order chi connectivity index (χ1) is 23.3. The molecule has 0 nitrogen and oxygen atoms in total. The molecular formula is C45H38Fe2P2-8. The van der Waals surface area contributed by atoms with Crippen LogP contribution in [-0.4, -0.2) is 0 Å². The molecule has 0 aliphatic rings. The van der Waals surface area contributed by atoms with Crippen LogP contribution in [0.3, 0.4) is 0 Å². The molecule has 0 unspecified atom stereocenters. The van der Waals surface area contributed by atoms with Gasteiger partial charge in [0, 0.05) is 34.1 Å². The van der Waals surface area contributed by atoms with Crippen molar-refractivity contribution in [3.05, 3.63) is 230 Å². The summed E-state index contributed by atoms with van der Waals surface area (Å²) in [7, 11) is -0.818. The molecule has 0 aliphatic heterocycles. The minimum absolute atomic E-state index is 0. The minimum Gasteiger partial charge on any atom is -0.748 e. The van der Waals surface area contributed by atoms with Gasteiger partial charge in [-0.3, -0.25) is 0 Å². The molecule has 8 aromatic carbocycles. The molecule has 0 fully saturated rings. The fourth-order valence-corrected chi connectivity index (χ4v) is 10.1. The number of hydrogen-bond donors (Lipinski definition) is 0. The monoisotopic (exact) mass is 752 g/mol. The van der Waals surface area contributed by atoms with E-state index in [0.29, 0.717) is 0 Å². The van der Waals surface area contributed by atoms with Gasteiger partial charge in [0.25, 0.3) is 0 Å². The van der Waals surface area contributed by atoms with E-state index in [9.17, 15) is 0 Å². The summed E-state index contributed by atoms with van der Waals surface area (Å²) in [5, 5.41) is 8.47. The van der Waals surface area contributed by atoms with Crippen LogP contribution >= 0.6 is 15.8 Å². The van der Waals surface area contributed by atoms with Crippen LogP contribution in [0.5, 0.6) is 0 Å². The summed E-state index contributed by atoms with van der Waals surface area (Å²) in [6.45, 7) is 0. The molecule has 252 valence electrons. The van der Waals surface area contributed by atoms with Crippen molar-refractivity contribution in [2.75, 3.05) is 0 Å². The van der Waals surface area contributed by atoms with E-state index in [1.807, 2.05) is 0 Å². The molecule has 0 amide bonds. The minimum atomic E-state index is -0.409. The average Bonchev–Trinajstić information content (AvgIpc) is 3.98. The van der Waals surface area contributed by atoms with Gasteiger partial charge in [-0.2, -0.15) is 53.3 Å². The summed E-state index contributed by atoms with van der Waals surface area (Å²) in [6.07, 6.45) is 1.07. The quantitative estimate of drug-likeness (QED) is 0.0827. The van der Waals surface area contributed by atoms with Crippen LogP contribution in [0.25, 0.3) is 0 Å². The van der Waals surface area contributed by atoms with E-state index >= 15 is 0 Å². The molecule has 0 heterocycles. The van der Waals surface area contributed by atoms with Crippen molar-refractivity contribution in [2.45, 2.75) is 6.42 Å². The Balaban J connectivity index is 0.000000167. The second-order valence-corrected chi connectivity index (χ2v) is 15.5. The second kappa shape index (κ2) is 20.6. The Hall–Kier alpha value is -3.82. The Morgan fingerprint density at radius 3 is 1.31 bits per heavy atom. The molecule has 0 radical (unpaired) electrons. The van der Waals surface area contributed by atoms with Crippen LogP contribution in [0.15, 0.2) is 218 Å². The van der Waals surface area contributed by atoms with Gasteiger partial charge in [-0.25, -0.2) is 36.8 Å². The van der Waals surface area contributed by atoms with E-state index in [1.165, 1.54) is 43.0 Å². The van der Waals surface area contributed by atoms with Crippen molar-refractivity contribution >= 4 is 47.7 Å². The first-order valence-electron chi connectivity index (χ1n) is 16.0. The maximum absolute atomic E-state index is 2.23. The third kappa shape index (κ3) is 11.1. The first kappa shape index (κ1) is 38.0. The predicted octanol–water partition coefficient (Wildman–Crippen LogP) is 9.04. The van der Waals surface area contributed by atoms with Gasteiger partial charge in [0.2, 0.25) is 0 Å². The molecule has 49 heavy (non-hydrogen) atoms. The van der Waals surface area contributed by atoms with Crippen molar-refractivity contribution in [1.82, 2.24) is 0 Å².